The molecule has 2 aromatic heterocycles. The molecule has 0 bridgehead atoms. The van der Waals surface area contributed by atoms with Crippen molar-refractivity contribution in [2.24, 2.45) is 14.1 Å². The van der Waals surface area contributed by atoms with Gasteiger partial charge < -0.3 is 41.5 Å². The second kappa shape index (κ2) is 16.6. The zero-order chi connectivity index (χ0) is 39.0. The number of aryl methyl sites for hydroxylation is 2. The van der Waals surface area contributed by atoms with Crippen LogP contribution < -0.4 is 43.4 Å². The van der Waals surface area contributed by atoms with Gasteiger partial charge in [-0.25, -0.2) is 9.59 Å². The van der Waals surface area contributed by atoms with Gasteiger partial charge in [0, 0.05) is 68.6 Å². The van der Waals surface area contributed by atoms with E-state index in [2.05, 4.69) is 47.4 Å². The maximum Gasteiger partial charge on any atom is 0.319 e. The van der Waals surface area contributed by atoms with E-state index in [1.165, 1.54) is 23.2 Å². The number of rotatable bonds is 6. The zero-order valence-electron chi connectivity index (χ0n) is 31.2. The SMILES string of the molecule is CNC(=O)Nc1cc(-c2cccc(N)c2C)cn(C)c1=O.CNC(=O)Nc1cc(-c2cccc(NC(=O)c3ccc(C(C)(C)C)cc3)c2)cn(C)c1=O. The Morgan fingerprint density at radius 3 is 1.74 bits per heavy atom. The first-order chi connectivity index (χ1) is 25.0. The Morgan fingerprint density at radius 2 is 1.19 bits per heavy atom. The first-order valence-corrected chi connectivity index (χ1v) is 16.8. The quantitative estimate of drug-likeness (QED) is 0.116. The average Bonchev–Trinajstić information content (AvgIpc) is 3.13. The molecule has 0 aliphatic heterocycles. The molecule has 0 unspecified atom stereocenters. The van der Waals surface area contributed by atoms with Gasteiger partial charge >= 0.3 is 12.1 Å². The van der Waals surface area contributed by atoms with Gasteiger partial charge in [-0.3, -0.25) is 14.4 Å². The van der Waals surface area contributed by atoms with Crippen LogP contribution in [0, 0.1) is 6.92 Å². The van der Waals surface area contributed by atoms with E-state index in [0.29, 0.717) is 16.9 Å². The average molecular weight is 719 g/mol. The number of nitrogens with one attached hydrogen (secondary N) is 5. The monoisotopic (exact) mass is 718 g/mol. The van der Waals surface area contributed by atoms with Crippen molar-refractivity contribution in [3.8, 4) is 22.3 Å². The van der Waals surface area contributed by atoms with Crippen molar-refractivity contribution in [1.82, 2.24) is 19.8 Å². The number of aromatic nitrogens is 2. The molecule has 2 heterocycles. The van der Waals surface area contributed by atoms with Gasteiger partial charge in [0.2, 0.25) is 0 Å². The molecule has 0 spiro atoms. The van der Waals surface area contributed by atoms with Crippen LogP contribution in [0.4, 0.5) is 32.3 Å². The van der Waals surface area contributed by atoms with Gasteiger partial charge in [-0.15, -0.1) is 0 Å². The molecule has 0 radical (unpaired) electrons. The van der Waals surface area contributed by atoms with E-state index >= 15 is 0 Å². The smallest absolute Gasteiger partial charge is 0.319 e. The lowest BCUT2D eigenvalue weighted by atomic mass is 9.87. The molecule has 5 aromatic rings. The first-order valence-electron chi connectivity index (χ1n) is 16.8. The number of pyridine rings is 2. The van der Waals surface area contributed by atoms with Gasteiger partial charge in [-0.1, -0.05) is 57.2 Å². The van der Waals surface area contributed by atoms with Crippen LogP contribution in [0.3, 0.4) is 0 Å². The minimum absolute atomic E-state index is 0.0185. The number of carbonyl (C=O) groups is 3. The Kier molecular flexibility index (Phi) is 12.3. The first kappa shape index (κ1) is 39.2. The van der Waals surface area contributed by atoms with Crippen molar-refractivity contribution in [2.45, 2.75) is 33.1 Å². The number of hydrogen-bond acceptors (Lipinski definition) is 6. The standard InChI is InChI=1S/C25H28N4O3.C15H18N4O2/c1-25(2,3)19-11-9-16(10-12-19)22(30)27-20-8-6-7-17(13-20)18-14-21(28-24(32)26-4)23(31)29(5)15-18;1-9-11(5-4-6-12(9)16)10-7-13(18-15(21)17-2)14(20)19(3)8-10/h6-15H,1-5H3,(H,27,30)(H2,26,28,32);4-8H,16H2,1-3H3,(H2,17,18,21). The molecule has 53 heavy (non-hydrogen) atoms. The van der Waals surface area contributed by atoms with E-state index in [-0.39, 0.29) is 33.8 Å². The number of hydrogen-bond donors (Lipinski definition) is 6. The van der Waals surface area contributed by atoms with Crippen molar-refractivity contribution in [3.63, 3.8) is 0 Å². The van der Waals surface area contributed by atoms with Crippen LogP contribution in [-0.4, -0.2) is 41.2 Å². The van der Waals surface area contributed by atoms with E-state index in [1.807, 2.05) is 67.6 Å². The topological polar surface area (TPSA) is 181 Å². The Morgan fingerprint density at radius 1 is 0.660 bits per heavy atom. The summed E-state index contributed by atoms with van der Waals surface area (Å²) in [5.74, 6) is -0.204. The third kappa shape index (κ3) is 9.79. The molecule has 0 atom stereocenters. The van der Waals surface area contributed by atoms with E-state index in [9.17, 15) is 24.0 Å². The van der Waals surface area contributed by atoms with Crippen molar-refractivity contribution >= 4 is 40.7 Å². The summed E-state index contributed by atoms with van der Waals surface area (Å²) in [7, 11) is 6.23. The second-order valence-electron chi connectivity index (χ2n) is 13.4. The Balaban J connectivity index is 0.000000258. The van der Waals surface area contributed by atoms with Gasteiger partial charge in [0.15, 0.2) is 0 Å². The summed E-state index contributed by atoms with van der Waals surface area (Å²) in [6, 6.07) is 22.9. The lowest BCUT2D eigenvalue weighted by molar-refractivity contribution is 0.102. The fourth-order valence-electron chi connectivity index (χ4n) is 5.35. The number of carbonyl (C=O) groups excluding carboxylic acids is 3. The molecule has 3 aromatic carbocycles. The molecular formula is C40H46N8O5. The Bertz CT molecular complexity index is 2270. The van der Waals surface area contributed by atoms with Crippen LogP contribution in [0.1, 0.15) is 42.3 Å². The van der Waals surface area contributed by atoms with E-state index < -0.39 is 12.1 Å². The number of nitrogen functional groups attached to an aromatic ring is 1. The van der Waals surface area contributed by atoms with Gasteiger partial charge in [-0.05, 0) is 77.1 Å². The van der Waals surface area contributed by atoms with Crippen molar-refractivity contribution < 1.29 is 14.4 Å². The van der Waals surface area contributed by atoms with Crippen molar-refractivity contribution in [3.05, 3.63) is 129 Å². The molecule has 0 saturated heterocycles. The third-order valence-electron chi connectivity index (χ3n) is 8.47. The molecule has 7 N–H and O–H groups in total. The normalized spacial score (nSPS) is 10.7. The predicted octanol–water partition coefficient (Wildman–Crippen LogP) is 6.05. The number of nitrogens with zero attached hydrogens (tertiary/aromatic N) is 2. The molecule has 0 fully saturated rings. The number of nitrogens with two attached hydrogens (primary N) is 1. The summed E-state index contributed by atoms with van der Waals surface area (Å²) in [6.07, 6.45) is 3.41. The van der Waals surface area contributed by atoms with Crippen LogP contribution in [0.15, 0.2) is 101 Å². The van der Waals surface area contributed by atoms with Crippen LogP contribution >= 0.6 is 0 Å². The molecule has 5 amide bonds. The second-order valence-corrected chi connectivity index (χ2v) is 13.4. The molecule has 13 heteroatoms. The maximum absolute atomic E-state index is 12.7. The maximum atomic E-state index is 12.7. The fourth-order valence-corrected chi connectivity index (χ4v) is 5.35. The van der Waals surface area contributed by atoms with Crippen LogP contribution in [0.2, 0.25) is 0 Å². The minimum atomic E-state index is -0.474. The summed E-state index contributed by atoms with van der Waals surface area (Å²) in [5, 5.41) is 12.8. The van der Waals surface area contributed by atoms with E-state index in [4.69, 9.17) is 5.73 Å². The minimum Gasteiger partial charge on any atom is -0.398 e. The van der Waals surface area contributed by atoms with Gasteiger partial charge in [0.25, 0.3) is 17.0 Å². The highest BCUT2D eigenvalue weighted by atomic mass is 16.2. The number of anilines is 4. The molecule has 13 nitrogen and oxygen atoms in total. The molecule has 0 saturated carbocycles. The van der Waals surface area contributed by atoms with Gasteiger partial charge in [0.1, 0.15) is 11.4 Å². The summed E-state index contributed by atoms with van der Waals surface area (Å²) in [4.78, 5) is 60.2. The summed E-state index contributed by atoms with van der Waals surface area (Å²) < 4.78 is 2.84. The molecule has 0 aliphatic rings. The van der Waals surface area contributed by atoms with Crippen LogP contribution in [0.25, 0.3) is 22.3 Å². The lowest BCUT2D eigenvalue weighted by Crippen LogP contribution is -2.29. The van der Waals surface area contributed by atoms with Crippen LogP contribution in [0.5, 0.6) is 0 Å². The molecule has 0 aliphatic carbocycles. The van der Waals surface area contributed by atoms with E-state index in [1.54, 1.807) is 44.7 Å². The molecule has 5 rings (SSSR count). The number of amides is 5. The number of benzene rings is 3. The third-order valence-corrected chi connectivity index (χ3v) is 8.47. The predicted molar refractivity (Wildman–Crippen MR) is 213 cm³/mol. The van der Waals surface area contributed by atoms with Crippen molar-refractivity contribution in [1.29, 1.82) is 0 Å². The summed E-state index contributed by atoms with van der Waals surface area (Å²) >= 11 is 0. The summed E-state index contributed by atoms with van der Waals surface area (Å²) in [6.45, 7) is 8.30. The highest BCUT2D eigenvalue weighted by Crippen LogP contribution is 2.28. The van der Waals surface area contributed by atoms with E-state index in [0.717, 1.165) is 33.4 Å². The molecule has 276 valence electrons. The summed E-state index contributed by atoms with van der Waals surface area (Å²) in [5.41, 5.74) is 13.0. The highest BCUT2D eigenvalue weighted by molar-refractivity contribution is 6.04. The number of urea groups is 2. The van der Waals surface area contributed by atoms with Crippen molar-refractivity contribution in [2.75, 3.05) is 35.8 Å². The highest BCUT2D eigenvalue weighted by Gasteiger charge is 2.15. The Hall–Kier alpha value is -6.63. The van der Waals surface area contributed by atoms with Gasteiger partial charge in [-0.2, -0.15) is 0 Å². The van der Waals surface area contributed by atoms with Crippen LogP contribution in [-0.2, 0) is 19.5 Å². The lowest BCUT2D eigenvalue weighted by Gasteiger charge is -2.19. The zero-order valence-corrected chi connectivity index (χ0v) is 31.2. The Labute approximate surface area is 308 Å². The largest absolute Gasteiger partial charge is 0.398 e. The molecular weight excluding hydrogens is 672 g/mol. The fraction of sp³-hybridized carbons (Fsp3) is 0.225. The van der Waals surface area contributed by atoms with Gasteiger partial charge in [0.05, 0.1) is 0 Å².